The topological polar surface area (TPSA) is 49.6 Å². The van der Waals surface area contributed by atoms with Gasteiger partial charge in [-0.3, -0.25) is 9.69 Å². The second kappa shape index (κ2) is 9.21. The third-order valence-electron chi connectivity index (χ3n) is 5.65. The number of anilines is 2. The van der Waals surface area contributed by atoms with Crippen molar-refractivity contribution in [2.24, 2.45) is 0 Å². The van der Waals surface area contributed by atoms with Crippen molar-refractivity contribution >= 4 is 39.4 Å². The van der Waals surface area contributed by atoms with Crippen molar-refractivity contribution in [1.82, 2.24) is 4.90 Å². The number of hydrogen-bond acceptors (Lipinski definition) is 5. The molecule has 4 rings (SSSR count). The number of halogens is 1. The maximum absolute atomic E-state index is 13.3. The van der Waals surface area contributed by atoms with Crippen LogP contribution in [0.1, 0.15) is 33.3 Å². The highest BCUT2D eigenvalue weighted by Crippen LogP contribution is 2.34. The minimum absolute atomic E-state index is 0.0157. The zero-order valence-electron chi connectivity index (χ0n) is 17.1. The Kier molecular flexibility index (Phi) is 6.42. The second-order valence-corrected chi connectivity index (χ2v) is 9.10. The fourth-order valence-electron chi connectivity index (χ4n) is 4.01. The van der Waals surface area contributed by atoms with E-state index < -0.39 is 0 Å². The molecule has 2 N–H and O–H groups in total. The highest BCUT2D eigenvalue weighted by Gasteiger charge is 2.26. The molecule has 0 aliphatic carbocycles. The van der Waals surface area contributed by atoms with E-state index in [0.717, 1.165) is 44.7 Å². The Balaban J connectivity index is 1.53. The number of rotatable bonds is 6. The van der Waals surface area contributed by atoms with Crippen molar-refractivity contribution in [3.8, 4) is 0 Å². The van der Waals surface area contributed by atoms with Crippen LogP contribution in [-0.4, -0.2) is 36.9 Å². The minimum Gasteiger partial charge on any atom is -0.390 e. The SMILES string of the molecule is CCc1sc(N)c(C(=O)c2ccc(Cl)cc2)c1CN1CCN(c2ccccc2)CC1. The Hall–Kier alpha value is -2.34. The van der Waals surface area contributed by atoms with Crippen molar-refractivity contribution in [3.63, 3.8) is 0 Å². The monoisotopic (exact) mass is 439 g/mol. The van der Waals surface area contributed by atoms with E-state index in [4.69, 9.17) is 17.3 Å². The maximum Gasteiger partial charge on any atom is 0.196 e. The number of piperazine rings is 1. The largest absolute Gasteiger partial charge is 0.390 e. The minimum atomic E-state index is -0.0157. The summed E-state index contributed by atoms with van der Waals surface area (Å²) in [5.74, 6) is -0.0157. The number of carbonyl (C=O) groups excluding carboxylic acids is 1. The third kappa shape index (κ3) is 4.38. The van der Waals surface area contributed by atoms with Gasteiger partial charge in [0.05, 0.1) is 10.6 Å². The highest BCUT2D eigenvalue weighted by molar-refractivity contribution is 7.16. The smallest absolute Gasteiger partial charge is 0.196 e. The molecule has 0 bridgehead atoms. The normalized spacial score (nSPS) is 14.8. The molecule has 1 saturated heterocycles. The average Bonchev–Trinajstić information content (AvgIpc) is 3.09. The van der Waals surface area contributed by atoms with Crippen LogP contribution in [0.5, 0.6) is 0 Å². The standard InChI is InChI=1S/C24H26ClN3OS/c1-2-21-20(16-27-12-14-28(15-13-27)19-6-4-3-5-7-19)22(24(26)30-21)23(29)17-8-10-18(25)11-9-17/h3-11H,2,12-16,26H2,1H3. The molecular weight excluding hydrogens is 414 g/mol. The molecule has 3 aromatic rings. The van der Waals surface area contributed by atoms with Gasteiger partial charge < -0.3 is 10.6 Å². The first-order valence-electron chi connectivity index (χ1n) is 10.3. The lowest BCUT2D eigenvalue weighted by molar-refractivity contribution is 0.103. The molecule has 0 radical (unpaired) electrons. The summed E-state index contributed by atoms with van der Waals surface area (Å²) >= 11 is 7.54. The summed E-state index contributed by atoms with van der Waals surface area (Å²) in [5, 5.41) is 1.24. The molecule has 1 fully saturated rings. The molecule has 0 amide bonds. The summed E-state index contributed by atoms with van der Waals surface area (Å²) in [6.07, 6.45) is 0.877. The fraction of sp³-hybridized carbons (Fsp3) is 0.292. The van der Waals surface area contributed by atoms with Gasteiger partial charge in [0.25, 0.3) is 0 Å². The first kappa shape index (κ1) is 20.9. The molecule has 2 heterocycles. The quantitative estimate of drug-likeness (QED) is 0.543. The Morgan fingerprint density at radius 1 is 1.03 bits per heavy atom. The lowest BCUT2D eigenvalue weighted by Crippen LogP contribution is -2.46. The van der Waals surface area contributed by atoms with E-state index in [1.165, 1.54) is 10.6 Å². The maximum atomic E-state index is 13.3. The molecular formula is C24H26ClN3OS. The number of nitrogens with two attached hydrogens (primary N) is 1. The van der Waals surface area contributed by atoms with Crippen molar-refractivity contribution < 1.29 is 4.79 Å². The number of nitrogen functional groups attached to an aromatic ring is 1. The number of benzene rings is 2. The number of nitrogens with zero attached hydrogens (tertiary/aromatic N) is 2. The van der Waals surface area contributed by atoms with Gasteiger partial charge in [0, 0.05) is 53.9 Å². The summed E-state index contributed by atoms with van der Waals surface area (Å²) in [5.41, 5.74) is 9.99. The van der Waals surface area contributed by atoms with Crippen molar-refractivity contribution in [3.05, 3.63) is 81.2 Å². The Labute approximate surface area is 186 Å². The Morgan fingerprint density at radius 2 is 1.70 bits per heavy atom. The molecule has 0 unspecified atom stereocenters. The van der Waals surface area contributed by atoms with Gasteiger partial charge in [-0.2, -0.15) is 0 Å². The molecule has 6 heteroatoms. The van der Waals surface area contributed by atoms with Crippen LogP contribution in [0.25, 0.3) is 0 Å². The lowest BCUT2D eigenvalue weighted by atomic mass is 9.99. The molecule has 4 nitrogen and oxygen atoms in total. The van der Waals surface area contributed by atoms with Gasteiger partial charge in [0.2, 0.25) is 0 Å². The van der Waals surface area contributed by atoms with Gasteiger partial charge >= 0.3 is 0 Å². The van der Waals surface area contributed by atoms with Crippen molar-refractivity contribution in [2.45, 2.75) is 19.9 Å². The summed E-state index contributed by atoms with van der Waals surface area (Å²) in [7, 11) is 0. The molecule has 30 heavy (non-hydrogen) atoms. The van der Waals surface area contributed by atoms with E-state index in [0.29, 0.717) is 21.2 Å². The van der Waals surface area contributed by atoms with Crippen LogP contribution in [-0.2, 0) is 13.0 Å². The number of carbonyl (C=O) groups is 1. The summed E-state index contributed by atoms with van der Waals surface area (Å²) in [4.78, 5) is 19.3. The van der Waals surface area contributed by atoms with Gasteiger partial charge in [-0.05, 0) is 48.4 Å². The van der Waals surface area contributed by atoms with E-state index in [1.54, 1.807) is 35.6 Å². The molecule has 156 valence electrons. The van der Waals surface area contributed by atoms with E-state index in [9.17, 15) is 4.79 Å². The van der Waals surface area contributed by atoms with Gasteiger partial charge in [-0.15, -0.1) is 11.3 Å². The first-order chi connectivity index (χ1) is 14.6. The van der Waals surface area contributed by atoms with Crippen LogP contribution in [0.2, 0.25) is 5.02 Å². The Morgan fingerprint density at radius 3 is 2.33 bits per heavy atom. The van der Waals surface area contributed by atoms with Gasteiger partial charge in [0.15, 0.2) is 5.78 Å². The summed E-state index contributed by atoms with van der Waals surface area (Å²) in [6.45, 7) is 6.76. The molecule has 0 saturated carbocycles. The fourth-order valence-corrected chi connectivity index (χ4v) is 5.15. The number of thiophene rings is 1. The molecule has 1 aliphatic rings. The zero-order valence-corrected chi connectivity index (χ0v) is 18.7. The average molecular weight is 440 g/mol. The summed E-state index contributed by atoms with van der Waals surface area (Å²) < 4.78 is 0. The Bertz CT molecular complexity index is 1010. The van der Waals surface area contributed by atoms with Crippen LogP contribution in [0, 0.1) is 0 Å². The van der Waals surface area contributed by atoms with E-state index >= 15 is 0 Å². The second-order valence-electron chi connectivity index (χ2n) is 7.53. The number of aryl methyl sites for hydroxylation is 1. The van der Waals surface area contributed by atoms with E-state index in [1.807, 2.05) is 6.07 Å². The van der Waals surface area contributed by atoms with Crippen LogP contribution in [0.15, 0.2) is 54.6 Å². The predicted octanol–water partition coefficient (Wildman–Crippen LogP) is 5.10. The molecule has 1 aromatic heterocycles. The third-order valence-corrected chi connectivity index (χ3v) is 7.11. The number of hydrogen-bond donors (Lipinski definition) is 1. The van der Waals surface area contributed by atoms with Gasteiger partial charge in [-0.25, -0.2) is 0 Å². The van der Waals surface area contributed by atoms with Crippen LogP contribution >= 0.6 is 22.9 Å². The van der Waals surface area contributed by atoms with E-state index in [-0.39, 0.29) is 5.78 Å². The number of ketones is 1. The highest BCUT2D eigenvalue weighted by atomic mass is 35.5. The predicted molar refractivity (Wildman–Crippen MR) is 127 cm³/mol. The zero-order chi connectivity index (χ0) is 21.1. The summed E-state index contributed by atoms with van der Waals surface area (Å²) in [6, 6.07) is 17.6. The van der Waals surface area contributed by atoms with Crippen LogP contribution in [0.3, 0.4) is 0 Å². The molecule has 0 atom stereocenters. The van der Waals surface area contributed by atoms with Crippen molar-refractivity contribution in [1.29, 1.82) is 0 Å². The van der Waals surface area contributed by atoms with Crippen LogP contribution < -0.4 is 10.6 Å². The first-order valence-corrected chi connectivity index (χ1v) is 11.5. The van der Waals surface area contributed by atoms with Gasteiger partial charge in [-0.1, -0.05) is 36.7 Å². The van der Waals surface area contributed by atoms with Crippen LogP contribution in [0.4, 0.5) is 10.7 Å². The lowest BCUT2D eigenvalue weighted by Gasteiger charge is -2.36. The van der Waals surface area contributed by atoms with E-state index in [2.05, 4.69) is 41.0 Å². The van der Waals surface area contributed by atoms with Crippen molar-refractivity contribution in [2.75, 3.05) is 36.8 Å². The number of para-hydroxylation sites is 1. The molecule has 1 aliphatic heterocycles. The molecule has 2 aromatic carbocycles. The van der Waals surface area contributed by atoms with Gasteiger partial charge in [0.1, 0.15) is 0 Å². The molecule has 0 spiro atoms.